The molecule has 2 N–H and O–H groups in total. The number of aromatic nitrogens is 4. The SMILES string of the molecule is COC(=O)Nc1cn(CC(=O)NCCc2c(C)noc2C)nn1. The largest absolute Gasteiger partial charge is 0.453 e. The van der Waals surface area contributed by atoms with Crippen LogP contribution in [0.1, 0.15) is 17.0 Å². The van der Waals surface area contributed by atoms with E-state index >= 15 is 0 Å². The van der Waals surface area contributed by atoms with E-state index in [-0.39, 0.29) is 18.3 Å². The normalized spacial score (nSPS) is 10.4. The first-order chi connectivity index (χ1) is 11.0. The molecule has 0 atom stereocenters. The maximum Gasteiger partial charge on any atom is 0.412 e. The summed E-state index contributed by atoms with van der Waals surface area (Å²) in [6.07, 6.45) is 1.42. The first-order valence-electron chi connectivity index (χ1n) is 6.93. The number of aryl methyl sites for hydroxylation is 2. The lowest BCUT2D eigenvalue weighted by Gasteiger charge is -2.04. The summed E-state index contributed by atoms with van der Waals surface area (Å²) >= 11 is 0. The van der Waals surface area contributed by atoms with Gasteiger partial charge in [-0.3, -0.25) is 10.1 Å². The summed E-state index contributed by atoms with van der Waals surface area (Å²) in [7, 11) is 1.24. The first kappa shape index (κ1) is 16.5. The van der Waals surface area contributed by atoms with Gasteiger partial charge in [-0.25, -0.2) is 9.48 Å². The smallest absolute Gasteiger partial charge is 0.412 e. The number of nitrogens with one attached hydrogen (secondary N) is 2. The van der Waals surface area contributed by atoms with Crippen LogP contribution in [0.15, 0.2) is 10.7 Å². The number of anilines is 1. The average molecular weight is 322 g/mol. The first-order valence-corrected chi connectivity index (χ1v) is 6.93. The van der Waals surface area contributed by atoms with Crippen molar-refractivity contribution in [2.75, 3.05) is 19.0 Å². The highest BCUT2D eigenvalue weighted by atomic mass is 16.5. The Kier molecular flexibility index (Phi) is 5.28. The third-order valence-electron chi connectivity index (χ3n) is 3.14. The van der Waals surface area contributed by atoms with Crippen molar-refractivity contribution in [3.63, 3.8) is 0 Å². The highest BCUT2D eigenvalue weighted by Gasteiger charge is 2.11. The molecule has 2 heterocycles. The van der Waals surface area contributed by atoms with Crippen LogP contribution < -0.4 is 10.6 Å². The van der Waals surface area contributed by atoms with Crippen molar-refractivity contribution in [1.29, 1.82) is 0 Å². The molecule has 10 heteroatoms. The molecule has 0 unspecified atom stereocenters. The highest BCUT2D eigenvalue weighted by molar-refractivity contribution is 5.82. The average Bonchev–Trinajstić information content (AvgIpc) is 3.07. The molecule has 2 aromatic heterocycles. The van der Waals surface area contributed by atoms with Gasteiger partial charge in [-0.2, -0.15) is 0 Å². The quantitative estimate of drug-likeness (QED) is 0.789. The van der Waals surface area contributed by atoms with Crippen molar-refractivity contribution >= 4 is 17.8 Å². The maximum absolute atomic E-state index is 11.8. The van der Waals surface area contributed by atoms with Crippen LogP contribution in [0.3, 0.4) is 0 Å². The predicted molar refractivity (Wildman–Crippen MR) is 78.7 cm³/mol. The molecule has 0 aliphatic rings. The summed E-state index contributed by atoms with van der Waals surface area (Å²) in [5, 5.41) is 16.4. The molecule has 10 nitrogen and oxygen atoms in total. The van der Waals surface area contributed by atoms with Gasteiger partial charge in [0, 0.05) is 12.1 Å². The monoisotopic (exact) mass is 322 g/mol. The van der Waals surface area contributed by atoms with Crippen molar-refractivity contribution < 1.29 is 18.8 Å². The van der Waals surface area contributed by atoms with Crippen LogP contribution >= 0.6 is 0 Å². The molecule has 23 heavy (non-hydrogen) atoms. The topological polar surface area (TPSA) is 124 Å². The number of rotatable bonds is 6. The number of hydrogen-bond acceptors (Lipinski definition) is 7. The number of methoxy groups -OCH3 is 1. The van der Waals surface area contributed by atoms with Gasteiger partial charge in [0.2, 0.25) is 5.91 Å². The molecule has 0 radical (unpaired) electrons. The van der Waals surface area contributed by atoms with Gasteiger partial charge >= 0.3 is 6.09 Å². The summed E-state index contributed by atoms with van der Waals surface area (Å²) in [5.74, 6) is 0.748. The molecule has 0 aliphatic carbocycles. The Labute approximate surface area is 132 Å². The summed E-state index contributed by atoms with van der Waals surface area (Å²) in [5.41, 5.74) is 1.82. The number of carbonyl (C=O) groups is 2. The fourth-order valence-electron chi connectivity index (χ4n) is 1.98. The van der Waals surface area contributed by atoms with Gasteiger partial charge in [0.05, 0.1) is 19.0 Å². The van der Waals surface area contributed by atoms with E-state index in [1.165, 1.54) is 18.0 Å². The Morgan fingerprint density at radius 1 is 1.39 bits per heavy atom. The molecule has 124 valence electrons. The maximum atomic E-state index is 11.8. The fourth-order valence-corrected chi connectivity index (χ4v) is 1.98. The van der Waals surface area contributed by atoms with Crippen molar-refractivity contribution in [3.8, 4) is 0 Å². The Hall–Kier alpha value is -2.91. The van der Waals surface area contributed by atoms with E-state index in [0.717, 1.165) is 17.0 Å². The molecule has 2 amide bonds. The van der Waals surface area contributed by atoms with E-state index in [2.05, 4.69) is 30.8 Å². The van der Waals surface area contributed by atoms with E-state index in [4.69, 9.17) is 4.52 Å². The zero-order valence-electron chi connectivity index (χ0n) is 13.1. The zero-order chi connectivity index (χ0) is 16.8. The number of nitrogens with zero attached hydrogens (tertiary/aromatic N) is 4. The second kappa shape index (κ2) is 7.38. The van der Waals surface area contributed by atoms with E-state index in [9.17, 15) is 9.59 Å². The Morgan fingerprint density at radius 3 is 2.83 bits per heavy atom. The number of amides is 2. The number of carbonyl (C=O) groups excluding carboxylic acids is 2. The highest BCUT2D eigenvalue weighted by Crippen LogP contribution is 2.12. The van der Waals surface area contributed by atoms with E-state index in [0.29, 0.717) is 13.0 Å². The lowest BCUT2D eigenvalue weighted by molar-refractivity contribution is -0.121. The van der Waals surface area contributed by atoms with Crippen LogP contribution in [0.5, 0.6) is 0 Å². The molecule has 0 aliphatic heterocycles. The third kappa shape index (κ3) is 4.53. The van der Waals surface area contributed by atoms with Gasteiger partial charge in [0.15, 0.2) is 5.82 Å². The lowest BCUT2D eigenvalue weighted by atomic mass is 10.1. The van der Waals surface area contributed by atoms with Crippen molar-refractivity contribution in [2.24, 2.45) is 0 Å². The second-order valence-electron chi connectivity index (χ2n) is 4.82. The lowest BCUT2D eigenvalue weighted by Crippen LogP contribution is -2.29. The molecular formula is C13H18N6O4. The van der Waals surface area contributed by atoms with E-state index in [1.54, 1.807) is 0 Å². The molecule has 0 bridgehead atoms. The zero-order valence-corrected chi connectivity index (χ0v) is 13.1. The summed E-state index contributed by atoms with van der Waals surface area (Å²) < 4.78 is 10.8. The minimum atomic E-state index is -0.652. The summed E-state index contributed by atoms with van der Waals surface area (Å²) in [6.45, 7) is 4.16. The second-order valence-corrected chi connectivity index (χ2v) is 4.82. The van der Waals surface area contributed by atoms with Gasteiger partial charge in [-0.1, -0.05) is 10.4 Å². The van der Waals surface area contributed by atoms with Crippen molar-refractivity contribution in [1.82, 2.24) is 25.5 Å². The fraction of sp³-hybridized carbons (Fsp3) is 0.462. The summed E-state index contributed by atoms with van der Waals surface area (Å²) in [4.78, 5) is 22.9. The standard InChI is InChI=1S/C13H18N6O4/c1-8-10(9(2)23-17-8)4-5-14-12(20)7-19-6-11(16-18-19)15-13(21)22-3/h6H,4-5,7H2,1-3H3,(H,14,20)(H,15,21). The van der Waals surface area contributed by atoms with Gasteiger partial charge in [0.1, 0.15) is 12.3 Å². The van der Waals surface area contributed by atoms with Gasteiger partial charge in [-0.15, -0.1) is 5.10 Å². The minimum Gasteiger partial charge on any atom is -0.453 e. The molecule has 0 aromatic carbocycles. The van der Waals surface area contributed by atoms with Crippen LogP contribution in [0.25, 0.3) is 0 Å². The van der Waals surface area contributed by atoms with E-state index < -0.39 is 6.09 Å². The predicted octanol–water partition coefficient (Wildman–Crippen LogP) is 0.420. The van der Waals surface area contributed by atoms with Gasteiger partial charge in [-0.05, 0) is 20.3 Å². The van der Waals surface area contributed by atoms with Crippen LogP contribution in [-0.4, -0.2) is 45.8 Å². The Bertz CT molecular complexity index is 673. The number of hydrogen-bond donors (Lipinski definition) is 2. The number of ether oxygens (including phenoxy) is 1. The van der Waals surface area contributed by atoms with Crippen LogP contribution in [-0.2, 0) is 22.5 Å². The molecule has 0 spiro atoms. The van der Waals surface area contributed by atoms with Gasteiger partial charge < -0.3 is 14.6 Å². The van der Waals surface area contributed by atoms with Crippen LogP contribution in [0.4, 0.5) is 10.6 Å². The van der Waals surface area contributed by atoms with Crippen LogP contribution in [0.2, 0.25) is 0 Å². The molecule has 2 aromatic rings. The molecule has 0 saturated heterocycles. The van der Waals surface area contributed by atoms with E-state index in [1.807, 2.05) is 13.8 Å². The van der Waals surface area contributed by atoms with Crippen molar-refractivity contribution in [2.45, 2.75) is 26.8 Å². The molecular weight excluding hydrogens is 304 g/mol. The minimum absolute atomic E-state index is 0.00253. The Balaban J connectivity index is 1.78. The third-order valence-corrected chi connectivity index (χ3v) is 3.14. The van der Waals surface area contributed by atoms with Crippen molar-refractivity contribution in [3.05, 3.63) is 23.2 Å². The van der Waals surface area contributed by atoms with Crippen LogP contribution in [0, 0.1) is 13.8 Å². The Morgan fingerprint density at radius 2 is 2.17 bits per heavy atom. The summed E-state index contributed by atoms with van der Waals surface area (Å²) in [6, 6.07) is 0. The molecule has 0 saturated carbocycles. The van der Waals surface area contributed by atoms with Gasteiger partial charge in [0.25, 0.3) is 0 Å². The molecule has 0 fully saturated rings. The molecule has 2 rings (SSSR count).